The number of sulfonamides is 1. The second kappa shape index (κ2) is 10.8. The van der Waals surface area contributed by atoms with Gasteiger partial charge in [-0.15, -0.1) is 6.04 Å². The third kappa shape index (κ3) is 7.91. The Morgan fingerprint density at radius 3 is 2.32 bits per heavy atom. The first-order chi connectivity index (χ1) is 11.2. The van der Waals surface area contributed by atoms with Gasteiger partial charge in [-0.05, 0) is 11.6 Å². The van der Waals surface area contributed by atoms with E-state index in [1.54, 1.807) is 0 Å². The number of hydrogen-bond donors (Lipinski definition) is 0. The van der Waals surface area contributed by atoms with Crippen LogP contribution in [0.5, 0.6) is 0 Å². The molecule has 1 N–H and O–H groups in total. The summed E-state index contributed by atoms with van der Waals surface area (Å²) in [6.45, 7) is 0. The smallest absolute Gasteiger partial charge is 0.416 e. The quantitative estimate of drug-likeness (QED) is 0.422. The summed E-state index contributed by atoms with van der Waals surface area (Å²) < 4.78 is 66.5. The van der Waals surface area contributed by atoms with Crippen molar-refractivity contribution in [3.05, 3.63) is 53.3 Å². The summed E-state index contributed by atoms with van der Waals surface area (Å²) in [6, 6.07) is 3.36. The Balaban J connectivity index is 0.00000185. The van der Waals surface area contributed by atoms with Crippen LogP contribution in [-0.2, 0) is 39.3 Å². The summed E-state index contributed by atoms with van der Waals surface area (Å²) in [4.78, 5) is 0. The number of rotatable bonds is 4. The van der Waals surface area contributed by atoms with Crippen molar-refractivity contribution in [2.75, 3.05) is 0 Å². The molecule has 144 valence electrons. The SMILES string of the molecule is [CH3-].[Cl][Ru+3].[NH-]C1CCCCC1[N-]S(=O)(=O)Cc1ccccc1C(F)(F)F. The molecule has 4 nitrogen and oxygen atoms in total. The largest absolute Gasteiger partial charge is 0.676 e. The fourth-order valence-corrected chi connectivity index (χ4v) is 3.98. The van der Waals surface area contributed by atoms with Gasteiger partial charge >= 0.3 is 33.2 Å². The van der Waals surface area contributed by atoms with E-state index in [-0.39, 0.29) is 13.0 Å². The van der Waals surface area contributed by atoms with Crippen LogP contribution in [0, 0.1) is 7.43 Å². The minimum atomic E-state index is -4.60. The first-order valence-electron chi connectivity index (χ1n) is 7.13. The molecular weight excluding hydrogens is 466 g/mol. The van der Waals surface area contributed by atoms with E-state index in [9.17, 15) is 21.6 Å². The molecule has 0 spiro atoms. The third-order valence-corrected chi connectivity index (χ3v) is 4.95. The Kier molecular flexibility index (Phi) is 10.7. The maximum absolute atomic E-state index is 12.9. The van der Waals surface area contributed by atoms with Gasteiger partial charge in [-0.3, -0.25) is 0 Å². The molecule has 0 saturated heterocycles. The Labute approximate surface area is 161 Å². The van der Waals surface area contributed by atoms with E-state index in [2.05, 4.69) is 14.4 Å². The van der Waals surface area contributed by atoms with E-state index in [0.717, 1.165) is 25.0 Å². The van der Waals surface area contributed by atoms with E-state index in [0.29, 0.717) is 12.8 Å². The predicted octanol–water partition coefficient (Wildman–Crippen LogP) is 5.41. The molecule has 1 aliphatic carbocycles. The molecule has 10 heteroatoms. The topological polar surface area (TPSA) is 72.0 Å². The second-order valence-corrected chi connectivity index (χ2v) is 7.11. The zero-order valence-electron chi connectivity index (χ0n) is 13.5. The summed E-state index contributed by atoms with van der Waals surface area (Å²) in [5, 5.41) is 0. The number of hydrogen-bond acceptors (Lipinski definition) is 2. The summed E-state index contributed by atoms with van der Waals surface area (Å²) in [5.41, 5.74) is 6.52. The van der Waals surface area contributed by atoms with Crippen molar-refractivity contribution in [3.63, 3.8) is 0 Å². The van der Waals surface area contributed by atoms with Crippen LogP contribution in [0.1, 0.15) is 36.8 Å². The zero-order chi connectivity index (χ0) is 18.4. The minimum absolute atomic E-state index is 0. The monoisotopic (exact) mass is 486 g/mol. The molecule has 2 atom stereocenters. The van der Waals surface area contributed by atoms with Crippen molar-refractivity contribution in [2.24, 2.45) is 0 Å². The number of alkyl halides is 3. The molecule has 0 heterocycles. The van der Waals surface area contributed by atoms with Gasteiger partial charge in [-0.1, -0.05) is 43.9 Å². The molecule has 1 aromatic rings. The Morgan fingerprint density at radius 2 is 1.76 bits per heavy atom. The number of nitrogens with zero attached hydrogens (tertiary/aromatic N) is 1. The van der Waals surface area contributed by atoms with Crippen LogP contribution in [0.2, 0.25) is 0 Å². The van der Waals surface area contributed by atoms with Crippen LogP contribution in [0.3, 0.4) is 0 Å². The zero-order valence-corrected chi connectivity index (χ0v) is 16.8. The van der Waals surface area contributed by atoms with Crippen molar-refractivity contribution in [2.45, 2.75) is 49.7 Å². The molecule has 2 unspecified atom stereocenters. The van der Waals surface area contributed by atoms with Crippen LogP contribution in [0.15, 0.2) is 24.3 Å². The minimum Gasteiger partial charge on any atom is -0.676 e. The van der Waals surface area contributed by atoms with Gasteiger partial charge in [0.05, 0.1) is 21.3 Å². The number of benzene rings is 1. The Morgan fingerprint density at radius 1 is 1.20 bits per heavy atom. The summed E-state index contributed by atoms with van der Waals surface area (Å²) in [5.74, 6) is -0.786. The molecule has 2 rings (SSSR count). The molecule has 0 aromatic heterocycles. The van der Waals surface area contributed by atoms with Gasteiger partial charge in [0, 0.05) is 0 Å². The molecule has 1 fully saturated rings. The predicted molar refractivity (Wildman–Crippen MR) is 90.1 cm³/mol. The first-order valence-corrected chi connectivity index (χ1v) is 11.0. The normalized spacial score (nSPS) is 20.8. The molecule has 0 radical (unpaired) electrons. The van der Waals surface area contributed by atoms with E-state index in [4.69, 9.17) is 5.73 Å². The standard InChI is InChI=1S/C14H17F3N2O2S.CH3.ClH.Ru/c15-14(16,17)11-6-2-1-5-10(11)9-22(20,21)19-13-8-4-3-7-12(13)18;;;/h1-2,5-6,12-13,18H,3-4,7-9H2;1H3;1H;/q-2;-1;;+4/p-1. The molecule has 0 bridgehead atoms. The van der Waals surface area contributed by atoms with Crippen molar-refractivity contribution < 1.29 is 38.9 Å². The molecule has 1 aromatic carbocycles. The molecule has 1 saturated carbocycles. The van der Waals surface area contributed by atoms with E-state index < -0.39 is 39.6 Å². The molecule has 25 heavy (non-hydrogen) atoms. The Bertz CT molecular complexity index is 629. The van der Waals surface area contributed by atoms with Gasteiger partial charge in [0.15, 0.2) is 0 Å². The van der Waals surface area contributed by atoms with Gasteiger partial charge in [0.1, 0.15) is 0 Å². The maximum Gasteiger partial charge on any atom is 0.416 e. The van der Waals surface area contributed by atoms with Crippen LogP contribution in [0.4, 0.5) is 13.2 Å². The number of halogens is 4. The van der Waals surface area contributed by atoms with Crippen molar-refractivity contribution in [1.29, 1.82) is 0 Å². The van der Waals surface area contributed by atoms with Gasteiger partial charge in [-0.2, -0.15) is 19.2 Å². The van der Waals surface area contributed by atoms with Gasteiger partial charge < -0.3 is 17.9 Å². The summed E-state index contributed by atoms with van der Waals surface area (Å²) in [7, 11) is 0.524. The maximum atomic E-state index is 12.9. The van der Waals surface area contributed by atoms with Crippen LogP contribution < -0.4 is 0 Å². The summed E-state index contributed by atoms with van der Waals surface area (Å²) in [6.07, 6.45) is -1.89. The van der Waals surface area contributed by atoms with Gasteiger partial charge in [0.25, 0.3) is 0 Å². The van der Waals surface area contributed by atoms with Crippen molar-refractivity contribution in [3.8, 4) is 0 Å². The van der Waals surface area contributed by atoms with Crippen molar-refractivity contribution >= 4 is 19.7 Å². The van der Waals surface area contributed by atoms with E-state index in [1.165, 1.54) is 12.1 Å². The summed E-state index contributed by atoms with van der Waals surface area (Å²) >= 11 is 1.82. The van der Waals surface area contributed by atoms with E-state index in [1.807, 2.05) is 17.3 Å². The van der Waals surface area contributed by atoms with E-state index >= 15 is 0 Å². The van der Waals surface area contributed by atoms with Crippen LogP contribution in [0.25, 0.3) is 10.5 Å². The number of nitrogens with one attached hydrogen (secondary N) is 1. The molecular formula is C15H20ClF3N2O2RuS. The first kappa shape index (κ1) is 24.8. The van der Waals surface area contributed by atoms with Crippen molar-refractivity contribution in [1.82, 2.24) is 0 Å². The fourth-order valence-electron chi connectivity index (χ4n) is 2.60. The molecule has 0 amide bonds. The fraction of sp³-hybridized carbons (Fsp3) is 0.533. The Hall–Kier alpha value is -0.207. The second-order valence-electron chi connectivity index (χ2n) is 5.44. The van der Waals surface area contributed by atoms with Gasteiger partial charge in [0.2, 0.25) is 0 Å². The third-order valence-electron chi connectivity index (χ3n) is 3.69. The van der Waals surface area contributed by atoms with Crippen LogP contribution in [-0.4, -0.2) is 20.5 Å². The average Bonchev–Trinajstić information content (AvgIpc) is 2.50. The van der Waals surface area contributed by atoms with Gasteiger partial charge in [-0.25, -0.2) is 8.42 Å². The molecule has 1 aliphatic rings. The van der Waals surface area contributed by atoms with Crippen LogP contribution >= 0.6 is 9.69 Å². The average molecular weight is 486 g/mol. The molecule has 0 aliphatic heterocycles.